The Kier molecular flexibility index (Phi) is 7.27. The van der Waals surface area contributed by atoms with Crippen LogP contribution in [0.2, 0.25) is 0 Å². The third kappa shape index (κ3) is 5.10. The van der Waals surface area contributed by atoms with Gasteiger partial charge in [0.15, 0.2) is 0 Å². The fraction of sp³-hybridized carbons (Fsp3) is 0.636. The second kappa shape index (κ2) is 9.88. The smallest absolute Gasteiger partial charge is 0.248 e. The van der Waals surface area contributed by atoms with E-state index >= 15 is 0 Å². The topological polar surface area (TPSA) is 52.7 Å². The monoisotopic (exact) mass is 371 g/mol. The molecule has 5 heteroatoms. The molecular formula is C22H33N3O2. The second-order valence-corrected chi connectivity index (χ2v) is 7.87. The highest BCUT2D eigenvalue weighted by atomic mass is 16.2. The van der Waals surface area contributed by atoms with E-state index in [0.717, 1.165) is 57.1 Å². The van der Waals surface area contributed by atoms with Crippen molar-refractivity contribution in [3.8, 4) is 0 Å². The number of para-hydroxylation sites is 1. The molecule has 1 aromatic carbocycles. The van der Waals surface area contributed by atoms with E-state index in [-0.39, 0.29) is 30.3 Å². The first-order chi connectivity index (χ1) is 13.2. The Morgan fingerprint density at radius 3 is 2.11 bits per heavy atom. The van der Waals surface area contributed by atoms with Gasteiger partial charge >= 0.3 is 0 Å². The van der Waals surface area contributed by atoms with Crippen LogP contribution in [0.4, 0.5) is 5.69 Å². The Morgan fingerprint density at radius 2 is 1.52 bits per heavy atom. The fourth-order valence-corrected chi connectivity index (χ4v) is 4.53. The highest BCUT2D eigenvalue weighted by Gasteiger charge is 2.31. The summed E-state index contributed by atoms with van der Waals surface area (Å²) in [5, 5.41) is 1.54. The van der Waals surface area contributed by atoms with Gasteiger partial charge in [-0.05, 0) is 37.8 Å². The molecule has 0 aliphatic heterocycles. The van der Waals surface area contributed by atoms with Gasteiger partial charge in [0, 0.05) is 24.7 Å². The predicted molar refractivity (Wildman–Crippen MR) is 108 cm³/mol. The van der Waals surface area contributed by atoms with Gasteiger partial charge in [0.1, 0.15) is 6.54 Å². The predicted octanol–water partition coefficient (Wildman–Crippen LogP) is 3.90. The molecule has 0 unspecified atom stereocenters. The molecule has 27 heavy (non-hydrogen) atoms. The van der Waals surface area contributed by atoms with E-state index in [2.05, 4.69) is 5.43 Å². The Bertz CT molecular complexity index is 607. The first-order valence-electron chi connectivity index (χ1n) is 10.6. The van der Waals surface area contributed by atoms with Crippen LogP contribution in [0.1, 0.15) is 64.2 Å². The van der Waals surface area contributed by atoms with Crippen molar-refractivity contribution in [1.29, 1.82) is 0 Å². The molecule has 148 valence electrons. The highest BCUT2D eigenvalue weighted by Crippen LogP contribution is 2.28. The molecule has 1 N–H and O–H groups in total. The van der Waals surface area contributed by atoms with Crippen molar-refractivity contribution in [2.45, 2.75) is 70.3 Å². The first kappa shape index (κ1) is 19.9. The summed E-state index contributed by atoms with van der Waals surface area (Å²) in [6.07, 6.45) is 11.0. The summed E-state index contributed by atoms with van der Waals surface area (Å²) in [4.78, 5) is 28.1. The minimum Gasteiger partial charge on any atom is -0.308 e. The van der Waals surface area contributed by atoms with Gasteiger partial charge in [0.05, 0.1) is 0 Å². The van der Waals surface area contributed by atoms with Crippen LogP contribution in [0.25, 0.3) is 0 Å². The summed E-state index contributed by atoms with van der Waals surface area (Å²) in [5.41, 5.74) is 3.92. The van der Waals surface area contributed by atoms with Gasteiger partial charge in [-0.25, -0.2) is 5.43 Å². The SMILES string of the molecule is CNN(CC(=O)N(c1ccccc1)C1CCCCC1)C(=O)C1CCCCC1. The minimum absolute atomic E-state index is 0.00612. The standard InChI is InChI=1S/C22H33N3O2/c1-23-24(22(27)18-11-5-2-6-12-18)17-21(26)25(19-13-7-3-8-14-19)20-15-9-4-10-16-20/h3,7-8,13-14,18,20,23H,2,4-6,9-12,15-17H2,1H3. The van der Waals surface area contributed by atoms with E-state index in [0.29, 0.717) is 0 Å². The van der Waals surface area contributed by atoms with E-state index in [1.165, 1.54) is 17.9 Å². The van der Waals surface area contributed by atoms with Crippen LogP contribution in [-0.2, 0) is 9.59 Å². The molecule has 0 saturated heterocycles. The summed E-state index contributed by atoms with van der Waals surface area (Å²) in [6, 6.07) is 10.2. The number of hydrogen-bond acceptors (Lipinski definition) is 3. The molecule has 1 aromatic rings. The van der Waals surface area contributed by atoms with Gasteiger partial charge in [-0.15, -0.1) is 0 Å². The lowest BCUT2D eigenvalue weighted by atomic mass is 9.88. The Morgan fingerprint density at radius 1 is 0.926 bits per heavy atom. The third-order valence-electron chi connectivity index (χ3n) is 6.03. The lowest BCUT2D eigenvalue weighted by Gasteiger charge is -2.36. The Labute approximate surface area is 163 Å². The van der Waals surface area contributed by atoms with Crippen LogP contribution in [-0.4, -0.2) is 36.5 Å². The van der Waals surface area contributed by atoms with Crippen LogP contribution in [0.5, 0.6) is 0 Å². The molecular weight excluding hydrogens is 338 g/mol. The quantitative estimate of drug-likeness (QED) is 0.772. The van der Waals surface area contributed by atoms with E-state index < -0.39 is 0 Å². The molecule has 2 aliphatic rings. The fourth-order valence-electron chi connectivity index (χ4n) is 4.53. The molecule has 2 aliphatic carbocycles. The largest absolute Gasteiger partial charge is 0.308 e. The molecule has 0 atom stereocenters. The van der Waals surface area contributed by atoms with Crippen LogP contribution < -0.4 is 10.3 Å². The summed E-state index contributed by atoms with van der Waals surface area (Å²) in [7, 11) is 1.74. The maximum absolute atomic E-state index is 13.3. The molecule has 3 rings (SSSR count). The number of nitrogens with one attached hydrogen (secondary N) is 1. The number of amides is 2. The van der Waals surface area contributed by atoms with Crippen LogP contribution in [0.3, 0.4) is 0 Å². The van der Waals surface area contributed by atoms with Gasteiger partial charge in [-0.3, -0.25) is 14.6 Å². The summed E-state index contributed by atoms with van der Waals surface area (Å²) >= 11 is 0. The number of rotatable bonds is 6. The van der Waals surface area contributed by atoms with Crippen molar-refractivity contribution in [3.63, 3.8) is 0 Å². The number of carbonyl (C=O) groups is 2. The van der Waals surface area contributed by atoms with Crippen molar-refractivity contribution >= 4 is 17.5 Å². The summed E-state index contributed by atoms with van der Waals surface area (Å²) in [5.74, 6) is 0.132. The van der Waals surface area contributed by atoms with E-state index in [9.17, 15) is 9.59 Å². The zero-order valence-electron chi connectivity index (χ0n) is 16.5. The maximum atomic E-state index is 13.3. The van der Waals surface area contributed by atoms with Gasteiger partial charge in [-0.2, -0.15) is 0 Å². The van der Waals surface area contributed by atoms with Crippen molar-refractivity contribution in [1.82, 2.24) is 10.4 Å². The van der Waals surface area contributed by atoms with Gasteiger partial charge in [0.2, 0.25) is 11.8 Å². The summed E-state index contributed by atoms with van der Waals surface area (Å²) < 4.78 is 0. The normalized spacial score (nSPS) is 18.9. The summed E-state index contributed by atoms with van der Waals surface area (Å²) in [6.45, 7) is 0.0945. The number of hydrogen-bond donors (Lipinski definition) is 1. The molecule has 0 radical (unpaired) electrons. The number of anilines is 1. The van der Waals surface area contributed by atoms with Gasteiger partial charge in [-0.1, -0.05) is 56.7 Å². The van der Waals surface area contributed by atoms with Crippen molar-refractivity contribution in [2.24, 2.45) is 5.92 Å². The van der Waals surface area contributed by atoms with Gasteiger partial charge < -0.3 is 4.90 Å². The Hall–Kier alpha value is -1.88. The molecule has 0 heterocycles. The van der Waals surface area contributed by atoms with E-state index in [4.69, 9.17) is 0 Å². The molecule has 0 aromatic heterocycles. The number of nitrogens with zero attached hydrogens (tertiary/aromatic N) is 2. The lowest BCUT2D eigenvalue weighted by Crippen LogP contribution is -2.52. The third-order valence-corrected chi connectivity index (χ3v) is 6.03. The molecule has 5 nitrogen and oxygen atoms in total. The van der Waals surface area contributed by atoms with Crippen molar-refractivity contribution in [3.05, 3.63) is 30.3 Å². The zero-order chi connectivity index (χ0) is 19.1. The van der Waals surface area contributed by atoms with E-state index in [1.54, 1.807) is 7.05 Å². The van der Waals surface area contributed by atoms with E-state index in [1.807, 2.05) is 35.2 Å². The Balaban J connectivity index is 1.73. The lowest BCUT2D eigenvalue weighted by molar-refractivity contribution is -0.142. The zero-order valence-corrected chi connectivity index (χ0v) is 16.5. The number of carbonyl (C=O) groups excluding carboxylic acids is 2. The van der Waals surface area contributed by atoms with Crippen molar-refractivity contribution in [2.75, 3.05) is 18.5 Å². The van der Waals surface area contributed by atoms with Crippen LogP contribution in [0, 0.1) is 5.92 Å². The van der Waals surface area contributed by atoms with Crippen LogP contribution >= 0.6 is 0 Å². The molecule has 2 fully saturated rings. The first-order valence-corrected chi connectivity index (χ1v) is 10.6. The van der Waals surface area contributed by atoms with Gasteiger partial charge in [0.25, 0.3) is 0 Å². The minimum atomic E-state index is 0.00612. The number of hydrazine groups is 1. The second-order valence-electron chi connectivity index (χ2n) is 7.87. The molecule has 0 bridgehead atoms. The number of benzene rings is 1. The molecule has 2 amide bonds. The van der Waals surface area contributed by atoms with Crippen molar-refractivity contribution < 1.29 is 9.59 Å². The average molecular weight is 372 g/mol. The molecule has 0 spiro atoms. The van der Waals surface area contributed by atoms with Crippen LogP contribution in [0.15, 0.2) is 30.3 Å². The average Bonchev–Trinajstić information content (AvgIpc) is 2.74. The maximum Gasteiger partial charge on any atom is 0.248 e. The highest BCUT2D eigenvalue weighted by molar-refractivity contribution is 5.97. The molecule has 2 saturated carbocycles.